The van der Waals surface area contributed by atoms with E-state index in [-0.39, 0.29) is 13.2 Å². The second-order valence-electron chi connectivity index (χ2n) is 3.51. The minimum Gasteiger partial charge on any atom is -0.372 e. The predicted molar refractivity (Wildman–Crippen MR) is 62.0 cm³/mol. The van der Waals surface area contributed by atoms with Crippen LogP contribution in [0.15, 0.2) is 24.3 Å². The summed E-state index contributed by atoms with van der Waals surface area (Å²) in [6, 6.07) is 7.36. The maximum absolute atomic E-state index is 11.0. The molecule has 1 rings (SSSR count). The van der Waals surface area contributed by atoms with Gasteiger partial charge in [0.1, 0.15) is 25.6 Å². The van der Waals surface area contributed by atoms with E-state index in [2.05, 4.69) is 6.92 Å². The highest BCUT2D eigenvalue weighted by Gasteiger charge is 2.11. The molecular weight excluding hydrogens is 220 g/mol. The molecule has 0 fully saturated rings. The topological polar surface area (TPSA) is 55.4 Å². The summed E-state index contributed by atoms with van der Waals surface area (Å²) in [5.74, 6) is 0. The number of carbonyl (C=O) groups excluding carboxylic acids is 1. The summed E-state index contributed by atoms with van der Waals surface area (Å²) in [6.45, 7) is 4.10. The second-order valence-corrected chi connectivity index (χ2v) is 3.51. The molecule has 0 aliphatic heterocycles. The SMILES string of the molecule is [CH2]c1cccc(C(C[O])OCCOCC=O)c1. The summed E-state index contributed by atoms with van der Waals surface area (Å²) in [6.07, 6.45) is 0.189. The number of carbonyl (C=O) groups is 1. The summed E-state index contributed by atoms with van der Waals surface area (Å²) >= 11 is 0. The minimum absolute atomic E-state index is 0.0553. The van der Waals surface area contributed by atoms with Crippen LogP contribution in [0.2, 0.25) is 0 Å². The first-order valence-electron chi connectivity index (χ1n) is 5.41. The minimum atomic E-state index is -0.489. The van der Waals surface area contributed by atoms with Gasteiger partial charge in [0.15, 0.2) is 0 Å². The molecule has 2 radical (unpaired) electrons. The molecule has 0 saturated carbocycles. The summed E-state index contributed by atoms with van der Waals surface area (Å²) in [4.78, 5) is 9.99. The van der Waals surface area contributed by atoms with E-state index in [9.17, 15) is 9.90 Å². The Morgan fingerprint density at radius 1 is 1.35 bits per heavy atom. The van der Waals surface area contributed by atoms with Gasteiger partial charge in [-0.1, -0.05) is 24.3 Å². The molecule has 0 bridgehead atoms. The monoisotopic (exact) mass is 236 g/mol. The van der Waals surface area contributed by atoms with Gasteiger partial charge in [0.25, 0.3) is 0 Å². The fraction of sp³-hybridized carbons (Fsp3) is 0.385. The molecule has 1 unspecified atom stereocenters. The molecule has 0 aromatic heterocycles. The number of rotatable bonds is 8. The molecule has 0 N–H and O–H groups in total. The maximum atomic E-state index is 11.0. The molecule has 0 saturated heterocycles. The number of hydrogen-bond donors (Lipinski definition) is 0. The zero-order valence-corrected chi connectivity index (χ0v) is 9.63. The third-order valence-electron chi connectivity index (χ3n) is 2.21. The number of aldehydes is 1. The first kappa shape index (κ1) is 13.8. The predicted octanol–water partition coefficient (Wildman–Crippen LogP) is 1.57. The van der Waals surface area contributed by atoms with Crippen molar-refractivity contribution in [2.24, 2.45) is 0 Å². The van der Waals surface area contributed by atoms with Crippen molar-refractivity contribution in [2.45, 2.75) is 6.10 Å². The quantitative estimate of drug-likeness (QED) is 0.508. The first-order valence-corrected chi connectivity index (χ1v) is 5.41. The smallest absolute Gasteiger partial charge is 0.145 e. The molecule has 0 amide bonds. The Morgan fingerprint density at radius 3 is 2.82 bits per heavy atom. The first-order chi connectivity index (χ1) is 8.27. The molecule has 0 aliphatic rings. The van der Waals surface area contributed by atoms with Gasteiger partial charge in [0.05, 0.1) is 13.2 Å². The van der Waals surface area contributed by atoms with Crippen molar-refractivity contribution < 1.29 is 19.4 Å². The van der Waals surface area contributed by atoms with Gasteiger partial charge in [-0.05, 0) is 18.1 Å². The van der Waals surface area contributed by atoms with Gasteiger partial charge in [0.2, 0.25) is 0 Å². The molecular formula is C13H16O4. The zero-order valence-electron chi connectivity index (χ0n) is 9.63. The van der Waals surface area contributed by atoms with Crippen molar-refractivity contribution in [1.82, 2.24) is 0 Å². The van der Waals surface area contributed by atoms with Crippen molar-refractivity contribution >= 4 is 6.29 Å². The molecule has 0 aliphatic carbocycles. The van der Waals surface area contributed by atoms with E-state index < -0.39 is 6.10 Å². The lowest BCUT2D eigenvalue weighted by Crippen LogP contribution is -2.13. The van der Waals surface area contributed by atoms with Crippen molar-refractivity contribution in [3.63, 3.8) is 0 Å². The van der Waals surface area contributed by atoms with E-state index in [1.54, 1.807) is 0 Å². The molecule has 4 nitrogen and oxygen atoms in total. The van der Waals surface area contributed by atoms with Gasteiger partial charge < -0.3 is 14.3 Å². The maximum Gasteiger partial charge on any atom is 0.145 e. The van der Waals surface area contributed by atoms with Gasteiger partial charge in [-0.2, -0.15) is 0 Å². The Labute approximate surface area is 101 Å². The third-order valence-corrected chi connectivity index (χ3v) is 2.21. The molecule has 0 heterocycles. The van der Waals surface area contributed by atoms with Crippen LogP contribution in [0.25, 0.3) is 0 Å². The molecule has 17 heavy (non-hydrogen) atoms. The molecule has 1 aromatic rings. The lowest BCUT2D eigenvalue weighted by atomic mass is 10.1. The van der Waals surface area contributed by atoms with Crippen molar-refractivity contribution in [1.29, 1.82) is 0 Å². The zero-order chi connectivity index (χ0) is 12.5. The van der Waals surface area contributed by atoms with Crippen LogP contribution >= 0.6 is 0 Å². The van der Waals surface area contributed by atoms with Crippen LogP contribution in [0.1, 0.15) is 17.2 Å². The number of hydrogen-bond acceptors (Lipinski definition) is 3. The van der Waals surface area contributed by atoms with Gasteiger partial charge in [-0.25, -0.2) is 5.11 Å². The lowest BCUT2D eigenvalue weighted by Gasteiger charge is -2.15. The highest BCUT2D eigenvalue weighted by Crippen LogP contribution is 2.17. The van der Waals surface area contributed by atoms with Crippen LogP contribution in [0.5, 0.6) is 0 Å². The Balaban J connectivity index is 2.40. The fourth-order valence-corrected chi connectivity index (χ4v) is 1.41. The standard InChI is InChI=1S/C13H16O4/c1-11-3-2-4-12(9-11)13(10-15)17-8-7-16-6-5-14/h2-5,9,13H,1,6-8,10H2. The Hall–Kier alpha value is -1.23. The molecule has 92 valence electrons. The van der Waals surface area contributed by atoms with Crippen LogP contribution in [0.3, 0.4) is 0 Å². The molecule has 1 atom stereocenters. The van der Waals surface area contributed by atoms with Crippen LogP contribution in [-0.4, -0.2) is 32.7 Å². The van der Waals surface area contributed by atoms with Crippen LogP contribution < -0.4 is 0 Å². The van der Waals surface area contributed by atoms with E-state index >= 15 is 0 Å². The molecule has 1 aromatic carbocycles. The van der Waals surface area contributed by atoms with Crippen LogP contribution in [0, 0.1) is 6.92 Å². The Kier molecular flexibility index (Phi) is 6.47. The fourth-order valence-electron chi connectivity index (χ4n) is 1.41. The van der Waals surface area contributed by atoms with Crippen LogP contribution in [-0.2, 0) is 19.4 Å². The van der Waals surface area contributed by atoms with E-state index in [4.69, 9.17) is 9.47 Å². The van der Waals surface area contributed by atoms with Gasteiger partial charge >= 0.3 is 0 Å². The molecule has 4 heteroatoms. The summed E-state index contributed by atoms with van der Waals surface area (Å²) < 4.78 is 10.3. The second kappa shape index (κ2) is 7.95. The largest absolute Gasteiger partial charge is 0.372 e. The average molecular weight is 236 g/mol. The van der Waals surface area contributed by atoms with E-state index in [1.165, 1.54) is 0 Å². The van der Waals surface area contributed by atoms with Gasteiger partial charge in [0, 0.05) is 0 Å². The van der Waals surface area contributed by atoms with Crippen LogP contribution in [0.4, 0.5) is 0 Å². The number of benzene rings is 1. The van der Waals surface area contributed by atoms with Crippen molar-refractivity contribution in [3.05, 3.63) is 42.3 Å². The average Bonchev–Trinajstić information content (AvgIpc) is 2.34. The van der Waals surface area contributed by atoms with Crippen molar-refractivity contribution in [2.75, 3.05) is 26.4 Å². The summed E-state index contributed by atoms with van der Waals surface area (Å²) in [5.41, 5.74) is 1.67. The van der Waals surface area contributed by atoms with Gasteiger partial charge in [-0.15, -0.1) is 0 Å². The summed E-state index contributed by atoms with van der Waals surface area (Å²) in [7, 11) is 0. The van der Waals surface area contributed by atoms with Crippen molar-refractivity contribution in [3.8, 4) is 0 Å². The summed E-state index contributed by atoms with van der Waals surface area (Å²) in [5, 5.41) is 11.0. The lowest BCUT2D eigenvalue weighted by molar-refractivity contribution is -0.113. The number of ether oxygens (including phenoxy) is 2. The Morgan fingerprint density at radius 2 is 2.18 bits per heavy atom. The Bertz CT molecular complexity index is 338. The highest BCUT2D eigenvalue weighted by molar-refractivity contribution is 5.50. The normalized spacial score (nSPS) is 12.4. The highest BCUT2D eigenvalue weighted by atomic mass is 16.5. The van der Waals surface area contributed by atoms with E-state index in [0.29, 0.717) is 19.5 Å². The molecule has 0 spiro atoms. The van der Waals surface area contributed by atoms with Gasteiger partial charge in [-0.3, -0.25) is 0 Å². The van der Waals surface area contributed by atoms with E-state index in [1.807, 2.05) is 24.3 Å². The third kappa shape index (κ3) is 5.08. The van der Waals surface area contributed by atoms with E-state index in [0.717, 1.165) is 11.1 Å².